The van der Waals surface area contributed by atoms with Crippen molar-refractivity contribution in [2.45, 2.75) is 32.5 Å². The smallest absolute Gasteiger partial charge is 0.416 e. The van der Waals surface area contributed by atoms with Crippen molar-refractivity contribution in [1.82, 2.24) is 4.57 Å². The monoisotopic (exact) mass is 408 g/mol. The molecule has 9 heteroatoms. The highest BCUT2D eigenvalue weighted by atomic mass is 19.4. The molecule has 1 atom stereocenters. The van der Waals surface area contributed by atoms with Gasteiger partial charge in [-0.2, -0.15) is 13.2 Å². The summed E-state index contributed by atoms with van der Waals surface area (Å²) in [5.74, 6) is -1.96. The minimum absolute atomic E-state index is 0.117. The van der Waals surface area contributed by atoms with E-state index in [1.165, 1.54) is 16.7 Å². The molecule has 0 unspecified atom stereocenters. The Morgan fingerprint density at radius 2 is 1.90 bits per heavy atom. The Morgan fingerprint density at radius 1 is 1.28 bits per heavy atom. The largest absolute Gasteiger partial charge is 0.465 e. The maximum atomic E-state index is 13.1. The minimum atomic E-state index is -4.52. The van der Waals surface area contributed by atoms with Crippen molar-refractivity contribution in [3.8, 4) is 5.75 Å². The van der Waals surface area contributed by atoms with Crippen molar-refractivity contribution >= 4 is 5.97 Å². The zero-order valence-corrected chi connectivity index (χ0v) is 16.0. The number of hydrogen-bond acceptors (Lipinski definition) is 5. The van der Waals surface area contributed by atoms with Gasteiger partial charge in [0.1, 0.15) is 11.3 Å². The van der Waals surface area contributed by atoms with E-state index in [2.05, 4.69) is 0 Å². The second-order valence-electron chi connectivity index (χ2n) is 6.54. The fourth-order valence-corrected chi connectivity index (χ4v) is 3.49. The van der Waals surface area contributed by atoms with Gasteiger partial charge in [0, 0.05) is 18.3 Å². The first-order valence-electron chi connectivity index (χ1n) is 8.77. The lowest BCUT2D eigenvalue weighted by molar-refractivity contribution is -0.138. The van der Waals surface area contributed by atoms with E-state index in [-0.39, 0.29) is 28.3 Å². The number of esters is 1. The highest BCUT2D eigenvalue weighted by molar-refractivity contribution is 5.92. The molecule has 6 nitrogen and oxygen atoms in total. The molecule has 0 amide bonds. The number of rotatable bonds is 3. The van der Waals surface area contributed by atoms with Crippen LogP contribution in [-0.4, -0.2) is 17.6 Å². The van der Waals surface area contributed by atoms with Crippen molar-refractivity contribution in [2.75, 3.05) is 7.11 Å². The van der Waals surface area contributed by atoms with E-state index in [9.17, 15) is 22.8 Å². The molecule has 0 saturated heterocycles. The number of hydrogen-bond donors (Lipinski definition) is 1. The molecule has 0 radical (unpaired) electrons. The summed E-state index contributed by atoms with van der Waals surface area (Å²) in [5, 5.41) is 0. The fourth-order valence-electron chi connectivity index (χ4n) is 3.49. The van der Waals surface area contributed by atoms with Gasteiger partial charge in [-0.1, -0.05) is 12.1 Å². The molecule has 154 valence electrons. The molecule has 2 heterocycles. The number of benzene rings is 1. The molecule has 0 saturated carbocycles. The average molecular weight is 408 g/mol. The third-order valence-corrected chi connectivity index (χ3v) is 4.86. The normalized spacial score (nSPS) is 16.3. The Morgan fingerprint density at radius 3 is 2.41 bits per heavy atom. The van der Waals surface area contributed by atoms with E-state index >= 15 is 0 Å². The SMILES string of the molecule is CCn1c(C)cc2c(c1=O)[C@@H](c1ccc(C(F)(F)F)cc1)C(C(=O)OC)=C(N)O2. The topological polar surface area (TPSA) is 83.5 Å². The number of carbonyl (C=O) groups excluding carboxylic acids is 1. The number of aryl methyl sites for hydroxylation is 1. The lowest BCUT2D eigenvalue weighted by Gasteiger charge is -2.29. The molecule has 1 aromatic heterocycles. The van der Waals surface area contributed by atoms with Crippen LogP contribution in [0.15, 0.2) is 46.6 Å². The zero-order valence-electron chi connectivity index (χ0n) is 16.0. The van der Waals surface area contributed by atoms with E-state index < -0.39 is 29.2 Å². The quantitative estimate of drug-likeness (QED) is 0.790. The van der Waals surface area contributed by atoms with Crippen LogP contribution in [0.5, 0.6) is 5.75 Å². The molecule has 1 aliphatic heterocycles. The van der Waals surface area contributed by atoms with Gasteiger partial charge in [0.25, 0.3) is 5.56 Å². The molecule has 0 bridgehead atoms. The van der Waals surface area contributed by atoms with Gasteiger partial charge in [-0.25, -0.2) is 4.79 Å². The number of pyridine rings is 1. The first-order valence-corrected chi connectivity index (χ1v) is 8.77. The van der Waals surface area contributed by atoms with Crippen LogP contribution in [0.3, 0.4) is 0 Å². The number of fused-ring (bicyclic) bond motifs is 1. The number of alkyl halides is 3. The van der Waals surface area contributed by atoms with Crippen molar-refractivity contribution in [1.29, 1.82) is 0 Å². The Hall–Kier alpha value is -3.23. The lowest BCUT2D eigenvalue weighted by Crippen LogP contribution is -2.34. The summed E-state index contributed by atoms with van der Waals surface area (Å²) in [6, 6.07) is 5.82. The van der Waals surface area contributed by atoms with E-state index in [1.54, 1.807) is 19.9 Å². The number of carbonyl (C=O) groups is 1. The average Bonchev–Trinajstić information content (AvgIpc) is 2.66. The molecule has 29 heavy (non-hydrogen) atoms. The van der Waals surface area contributed by atoms with Crippen LogP contribution in [0.25, 0.3) is 0 Å². The highest BCUT2D eigenvalue weighted by Gasteiger charge is 2.38. The van der Waals surface area contributed by atoms with Crippen LogP contribution >= 0.6 is 0 Å². The zero-order chi connectivity index (χ0) is 21.5. The summed E-state index contributed by atoms with van der Waals surface area (Å²) < 4.78 is 50.6. The first-order chi connectivity index (χ1) is 13.6. The molecule has 2 aromatic rings. The molecule has 1 aliphatic rings. The molecule has 0 spiro atoms. The van der Waals surface area contributed by atoms with Crippen molar-refractivity contribution in [3.05, 3.63) is 74.5 Å². The predicted molar refractivity (Wildman–Crippen MR) is 98.3 cm³/mol. The molecule has 0 fully saturated rings. The van der Waals surface area contributed by atoms with E-state index in [0.29, 0.717) is 12.2 Å². The highest BCUT2D eigenvalue weighted by Crippen LogP contribution is 2.42. The third-order valence-electron chi connectivity index (χ3n) is 4.86. The number of aromatic nitrogens is 1. The Kier molecular flexibility index (Phi) is 5.16. The summed E-state index contributed by atoms with van der Waals surface area (Å²) in [4.78, 5) is 25.5. The van der Waals surface area contributed by atoms with E-state index in [1.807, 2.05) is 0 Å². The predicted octanol–water partition coefficient (Wildman–Crippen LogP) is 3.06. The van der Waals surface area contributed by atoms with Gasteiger partial charge in [-0.05, 0) is 31.5 Å². The van der Waals surface area contributed by atoms with E-state index in [0.717, 1.165) is 19.2 Å². The Bertz CT molecular complexity index is 1050. The van der Waals surface area contributed by atoms with Crippen LogP contribution in [0.4, 0.5) is 13.2 Å². The van der Waals surface area contributed by atoms with E-state index in [4.69, 9.17) is 15.2 Å². The summed E-state index contributed by atoms with van der Waals surface area (Å²) in [6.07, 6.45) is -4.52. The second kappa shape index (κ2) is 7.31. The molecule has 3 rings (SSSR count). The van der Waals surface area contributed by atoms with Gasteiger partial charge >= 0.3 is 12.1 Å². The Balaban J connectivity index is 2.29. The van der Waals surface area contributed by atoms with Crippen LogP contribution in [-0.2, 0) is 22.3 Å². The maximum absolute atomic E-state index is 13.1. The van der Waals surface area contributed by atoms with Gasteiger partial charge in [0.05, 0.1) is 24.2 Å². The molecule has 0 aliphatic carbocycles. The van der Waals surface area contributed by atoms with Crippen molar-refractivity contribution in [3.63, 3.8) is 0 Å². The molecular weight excluding hydrogens is 389 g/mol. The van der Waals surface area contributed by atoms with Gasteiger partial charge in [-0.15, -0.1) is 0 Å². The number of nitrogens with two attached hydrogens (primary N) is 1. The number of methoxy groups -OCH3 is 1. The fraction of sp³-hybridized carbons (Fsp3) is 0.300. The summed E-state index contributed by atoms with van der Waals surface area (Å²) >= 11 is 0. The van der Waals surface area contributed by atoms with Gasteiger partial charge < -0.3 is 19.8 Å². The molecule has 1 aromatic carbocycles. The van der Waals surface area contributed by atoms with Crippen molar-refractivity contribution in [2.24, 2.45) is 5.73 Å². The maximum Gasteiger partial charge on any atom is 0.416 e. The van der Waals surface area contributed by atoms with Crippen LogP contribution in [0, 0.1) is 6.92 Å². The van der Waals surface area contributed by atoms with Gasteiger partial charge in [0.15, 0.2) is 0 Å². The van der Waals surface area contributed by atoms with Crippen LogP contribution in [0.1, 0.15) is 35.2 Å². The summed E-state index contributed by atoms with van der Waals surface area (Å²) in [7, 11) is 1.14. The molecule has 2 N–H and O–H groups in total. The lowest BCUT2D eigenvalue weighted by atomic mass is 9.83. The molecular formula is C20H19F3N2O4. The number of ether oxygens (including phenoxy) is 2. The second-order valence-corrected chi connectivity index (χ2v) is 6.54. The van der Waals surface area contributed by atoms with Gasteiger partial charge in [0.2, 0.25) is 5.88 Å². The van der Waals surface area contributed by atoms with Crippen molar-refractivity contribution < 1.29 is 27.4 Å². The number of nitrogens with zero attached hydrogens (tertiary/aromatic N) is 1. The van der Waals surface area contributed by atoms with Crippen LogP contribution < -0.4 is 16.0 Å². The summed E-state index contributed by atoms with van der Waals surface area (Å²) in [6.45, 7) is 3.87. The first kappa shape index (κ1) is 20.5. The summed E-state index contributed by atoms with van der Waals surface area (Å²) in [5.41, 5.74) is 5.56. The Labute approximate surface area is 164 Å². The van der Waals surface area contributed by atoms with Crippen LogP contribution in [0.2, 0.25) is 0 Å². The standard InChI is InChI=1S/C20H19F3N2O4/c1-4-25-10(2)9-13-15(18(25)26)14(16(17(24)29-13)19(27)28-3)11-5-7-12(8-6-11)20(21,22)23/h5-9,14H,4,24H2,1-3H3/t14-/m1/s1. The van der Waals surface area contributed by atoms with Gasteiger partial charge in [-0.3, -0.25) is 4.79 Å². The number of halogens is 3. The minimum Gasteiger partial charge on any atom is -0.465 e. The third kappa shape index (κ3) is 3.48.